The van der Waals surface area contributed by atoms with Crippen molar-refractivity contribution in [1.82, 2.24) is 4.57 Å². The van der Waals surface area contributed by atoms with E-state index in [1.54, 1.807) is 11.8 Å². The number of hydrogen-bond acceptors (Lipinski definition) is 1. The molecule has 1 nitrogen and oxygen atoms in total. The van der Waals surface area contributed by atoms with Crippen molar-refractivity contribution >= 4 is 34.3 Å². The summed E-state index contributed by atoms with van der Waals surface area (Å²) in [5.74, 6) is 0. The number of halogens is 1. The van der Waals surface area contributed by atoms with Crippen LogP contribution in [-0.4, -0.2) is 4.57 Å². The second-order valence-corrected chi connectivity index (χ2v) is 5.91. The summed E-state index contributed by atoms with van der Waals surface area (Å²) in [6.45, 7) is 3.12. The largest absolute Gasteiger partial charge is 0.347 e. The number of aryl methyl sites for hydroxylation is 1. The molecule has 0 amide bonds. The third-order valence-corrected chi connectivity index (χ3v) is 4.41. The summed E-state index contributed by atoms with van der Waals surface area (Å²) in [5, 5.41) is 2.01. The van der Waals surface area contributed by atoms with Crippen LogP contribution in [0.3, 0.4) is 0 Å². The molecule has 0 unspecified atom stereocenters. The Morgan fingerprint density at radius 1 is 1.11 bits per heavy atom. The van der Waals surface area contributed by atoms with Gasteiger partial charge in [0.1, 0.15) is 0 Å². The third kappa shape index (κ3) is 2.51. The van der Waals surface area contributed by atoms with Crippen LogP contribution < -0.4 is 0 Å². The van der Waals surface area contributed by atoms with Crippen LogP contribution in [0.2, 0.25) is 5.02 Å². The molecule has 0 radical (unpaired) electrons. The lowest BCUT2D eigenvalue weighted by Gasteiger charge is -2.00. The highest BCUT2D eigenvalue weighted by Crippen LogP contribution is 2.36. The zero-order valence-electron chi connectivity index (χ0n) is 10.6. The smallest absolute Gasteiger partial charge is 0.0493 e. The fourth-order valence-corrected chi connectivity index (χ4v) is 3.37. The quantitative estimate of drug-likeness (QED) is 0.619. The van der Waals surface area contributed by atoms with Gasteiger partial charge in [-0.2, -0.15) is 0 Å². The molecule has 1 aromatic heterocycles. The molecular weight excluding hydrogens is 274 g/mol. The third-order valence-electron chi connectivity index (χ3n) is 3.12. The van der Waals surface area contributed by atoms with Crippen LogP contribution in [0.15, 0.2) is 64.5 Å². The molecule has 0 N–H and O–H groups in total. The Bertz CT molecular complexity index is 703. The Kier molecular flexibility index (Phi) is 3.54. The molecule has 3 aromatic rings. The van der Waals surface area contributed by atoms with Gasteiger partial charge in [-0.05, 0) is 37.3 Å². The molecule has 96 valence electrons. The van der Waals surface area contributed by atoms with E-state index in [9.17, 15) is 0 Å². The van der Waals surface area contributed by atoms with Crippen molar-refractivity contribution in [1.29, 1.82) is 0 Å². The summed E-state index contributed by atoms with van der Waals surface area (Å²) in [6, 6.07) is 16.5. The van der Waals surface area contributed by atoms with E-state index in [1.807, 2.05) is 18.2 Å². The maximum absolute atomic E-state index is 6.13. The van der Waals surface area contributed by atoms with Crippen molar-refractivity contribution in [2.24, 2.45) is 0 Å². The molecule has 0 aliphatic heterocycles. The molecule has 3 rings (SSSR count). The Morgan fingerprint density at radius 3 is 2.63 bits per heavy atom. The highest BCUT2D eigenvalue weighted by molar-refractivity contribution is 7.99. The minimum atomic E-state index is 0.788. The number of nitrogens with zero attached hydrogens (tertiary/aromatic N) is 1. The summed E-state index contributed by atoms with van der Waals surface area (Å²) < 4.78 is 2.26. The average molecular weight is 288 g/mol. The molecule has 19 heavy (non-hydrogen) atoms. The van der Waals surface area contributed by atoms with Crippen LogP contribution in [-0.2, 0) is 6.54 Å². The lowest BCUT2D eigenvalue weighted by Crippen LogP contribution is -1.89. The van der Waals surface area contributed by atoms with Crippen LogP contribution in [0, 0.1) is 0 Å². The predicted octanol–water partition coefficient (Wildman–Crippen LogP) is 5.47. The van der Waals surface area contributed by atoms with Crippen molar-refractivity contribution in [3.05, 3.63) is 59.8 Å². The lowest BCUT2D eigenvalue weighted by atomic mass is 10.2. The van der Waals surface area contributed by atoms with Gasteiger partial charge in [0.15, 0.2) is 0 Å². The van der Waals surface area contributed by atoms with Crippen LogP contribution in [0.1, 0.15) is 6.92 Å². The van der Waals surface area contributed by atoms with Crippen LogP contribution in [0.25, 0.3) is 10.9 Å². The standard InChI is InChI=1S/C16H14ClNS/c1-2-18-11-16(19-13-6-4-3-5-7-13)14-10-12(17)8-9-15(14)18/h3-11H,2H2,1H3. The Labute approximate surface area is 122 Å². The van der Waals surface area contributed by atoms with Gasteiger partial charge in [0.25, 0.3) is 0 Å². The zero-order valence-corrected chi connectivity index (χ0v) is 12.2. The Morgan fingerprint density at radius 2 is 1.89 bits per heavy atom. The van der Waals surface area contributed by atoms with E-state index < -0.39 is 0 Å². The van der Waals surface area contributed by atoms with Crippen LogP contribution in [0.4, 0.5) is 0 Å². The SMILES string of the molecule is CCn1cc(Sc2ccccc2)c2cc(Cl)ccc21. The molecule has 2 aromatic carbocycles. The molecule has 0 aliphatic rings. The van der Waals surface area contributed by atoms with Gasteiger partial charge in [0.05, 0.1) is 0 Å². The van der Waals surface area contributed by atoms with Gasteiger partial charge in [-0.15, -0.1) is 0 Å². The summed E-state index contributed by atoms with van der Waals surface area (Å²) in [6.07, 6.45) is 2.21. The van der Waals surface area contributed by atoms with E-state index >= 15 is 0 Å². The van der Waals surface area contributed by atoms with Gasteiger partial charge in [0, 0.05) is 38.5 Å². The molecule has 0 bridgehead atoms. The molecule has 0 fully saturated rings. The first-order chi connectivity index (χ1) is 9.28. The molecule has 3 heteroatoms. The zero-order chi connectivity index (χ0) is 13.2. The van der Waals surface area contributed by atoms with Gasteiger partial charge in [-0.1, -0.05) is 41.6 Å². The van der Waals surface area contributed by atoms with Gasteiger partial charge in [-0.3, -0.25) is 0 Å². The number of fused-ring (bicyclic) bond motifs is 1. The predicted molar refractivity (Wildman–Crippen MR) is 83.2 cm³/mol. The molecule has 0 aliphatic carbocycles. The molecule has 1 heterocycles. The molecule has 0 saturated heterocycles. The second-order valence-electron chi connectivity index (χ2n) is 4.36. The van der Waals surface area contributed by atoms with Gasteiger partial charge >= 0.3 is 0 Å². The van der Waals surface area contributed by atoms with Crippen molar-refractivity contribution in [2.75, 3.05) is 0 Å². The monoisotopic (exact) mass is 287 g/mol. The highest BCUT2D eigenvalue weighted by atomic mass is 35.5. The first-order valence-corrected chi connectivity index (χ1v) is 7.48. The van der Waals surface area contributed by atoms with E-state index in [2.05, 4.69) is 48.0 Å². The average Bonchev–Trinajstić information content (AvgIpc) is 2.77. The Hall–Kier alpha value is -1.38. The number of rotatable bonds is 3. The minimum Gasteiger partial charge on any atom is -0.347 e. The molecular formula is C16H14ClNS. The van der Waals surface area contributed by atoms with Crippen LogP contribution in [0.5, 0.6) is 0 Å². The first-order valence-electron chi connectivity index (χ1n) is 6.29. The number of benzene rings is 2. The minimum absolute atomic E-state index is 0.788. The van der Waals surface area contributed by atoms with E-state index in [4.69, 9.17) is 11.6 Å². The molecule has 0 atom stereocenters. The van der Waals surface area contributed by atoms with Crippen molar-refractivity contribution in [2.45, 2.75) is 23.3 Å². The topological polar surface area (TPSA) is 4.93 Å². The summed E-state index contributed by atoms with van der Waals surface area (Å²) in [4.78, 5) is 2.50. The number of hydrogen-bond donors (Lipinski definition) is 0. The van der Waals surface area contributed by atoms with E-state index in [-0.39, 0.29) is 0 Å². The first kappa shape index (κ1) is 12.6. The van der Waals surface area contributed by atoms with Crippen molar-refractivity contribution < 1.29 is 0 Å². The second kappa shape index (κ2) is 5.32. The summed E-state index contributed by atoms with van der Waals surface area (Å²) >= 11 is 7.91. The summed E-state index contributed by atoms with van der Waals surface area (Å²) in [5.41, 5.74) is 1.24. The van der Waals surface area contributed by atoms with Gasteiger partial charge < -0.3 is 4.57 Å². The maximum Gasteiger partial charge on any atom is 0.0493 e. The molecule has 0 spiro atoms. The fourth-order valence-electron chi connectivity index (χ4n) is 2.20. The van der Waals surface area contributed by atoms with Crippen molar-refractivity contribution in [3.8, 4) is 0 Å². The maximum atomic E-state index is 6.13. The van der Waals surface area contributed by atoms with E-state index in [1.165, 1.54) is 20.7 Å². The molecule has 0 saturated carbocycles. The number of aromatic nitrogens is 1. The normalized spacial score (nSPS) is 11.1. The fraction of sp³-hybridized carbons (Fsp3) is 0.125. The van der Waals surface area contributed by atoms with E-state index in [0.29, 0.717) is 0 Å². The van der Waals surface area contributed by atoms with E-state index in [0.717, 1.165) is 11.6 Å². The van der Waals surface area contributed by atoms with Crippen molar-refractivity contribution in [3.63, 3.8) is 0 Å². The Balaban J connectivity index is 2.10. The highest BCUT2D eigenvalue weighted by Gasteiger charge is 2.09. The lowest BCUT2D eigenvalue weighted by molar-refractivity contribution is 0.792. The summed E-state index contributed by atoms with van der Waals surface area (Å²) in [7, 11) is 0. The van der Waals surface area contributed by atoms with Crippen LogP contribution >= 0.6 is 23.4 Å². The van der Waals surface area contributed by atoms with Gasteiger partial charge in [0.2, 0.25) is 0 Å². The van der Waals surface area contributed by atoms with Gasteiger partial charge in [-0.25, -0.2) is 0 Å².